The molecule has 0 bridgehead atoms. The summed E-state index contributed by atoms with van der Waals surface area (Å²) in [6.45, 7) is 4.76. The van der Waals surface area contributed by atoms with E-state index in [0.29, 0.717) is 24.5 Å². The summed E-state index contributed by atoms with van der Waals surface area (Å²) in [6, 6.07) is 5.06. The molecule has 2 amide bonds. The van der Waals surface area contributed by atoms with E-state index in [1.165, 1.54) is 0 Å². The fourth-order valence-electron chi connectivity index (χ4n) is 2.83. The van der Waals surface area contributed by atoms with Crippen molar-refractivity contribution in [2.75, 3.05) is 25.1 Å². The number of ether oxygens (including phenoxy) is 2. The number of benzene rings is 1. The van der Waals surface area contributed by atoms with Crippen LogP contribution in [0.4, 0.5) is 5.69 Å². The lowest BCUT2D eigenvalue weighted by Crippen LogP contribution is -2.44. The molecule has 0 aromatic heterocycles. The molecule has 1 aromatic carbocycles. The van der Waals surface area contributed by atoms with E-state index in [4.69, 9.17) is 15.2 Å². The van der Waals surface area contributed by atoms with E-state index in [2.05, 4.69) is 10.6 Å². The van der Waals surface area contributed by atoms with Gasteiger partial charge in [-0.1, -0.05) is 0 Å². The Kier molecular flexibility index (Phi) is 7.75. The third-order valence-corrected chi connectivity index (χ3v) is 4.48. The topological polar surface area (TPSA) is 120 Å². The van der Waals surface area contributed by atoms with Crippen LogP contribution in [-0.4, -0.2) is 49.7 Å². The predicted octanol–water partition coefficient (Wildman–Crippen LogP) is 1.06. The summed E-state index contributed by atoms with van der Waals surface area (Å²) in [5.74, 6) is -1.03. The van der Waals surface area contributed by atoms with E-state index in [1.54, 1.807) is 38.1 Å². The van der Waals surface area contributed by atoms with Gasteiger partial charge in [-0.15, -0.1) is 0 Å². The Morgan fingerprint density at radius 1 is 1.22 bits per heavy atom. The molecular weight excluding hydrogens is 350 g/mol. The van der Waals surface area contributed by atoms with E-state index < -0.39 is 24.0 Å². The molecule has 2 atom stereocenters. The number of hydrogen-bond acceptors (Lipinski definition) is 6. The van der Waals surface area contributed by atoms with Gasteiger partial charge in [-0.3, -0.25) is 9.59 Å². The van der Waals surface area contributed by atoms with Crippen LogP contribution in [0.1, 0.15) is 37.0 Å². The van der Waals surface area contributed by atoms with Crippen molar-refractivity contribution in [3.8, 4) is 0 Å². The minimum atomic E-state index is -0.741. The van der Waals surface area contributed by atoms with Crippen molar-refractivity contribution in [1.29, 1.82) is 0 Å². The lowest BCUT2D eigenvalue weighted by Gasteiger charge is -2.26. The maximum absolute atomic E-state index is 12.3. The Morgan fingerprint density at radius 2 is 1.85 bits per heavy atom. The van der Waals surface area contributed by atoms with Gasteiger partial charge in [0.05, 0.1) is 12.6 Å². The van der Waals surface area contributed by atoms with Crippen LogP contribution in [-0.2, 0) is 19.1 Å². The molecule has 1 aliphatic heterocycles. The Morgan fingerprint density at radius 3 is 2.44 bits per heavy atom. The monoisotopic (exact) mass is 377 g/mol. The van der Waals surface area contributed by atoms with E-state index in [9.17, 15) is 14.4 Å². The molecule has 1 aromatic rings. The minimum Gasteiger partial charge on any atom is -0.464 e. The van der Waals surface area contributed by atoms with E-state index in [0.717, 1.165) is 12.8 Å². The van der Waals surface area contributed by atoms with Crippen molar-refractivity contribution in [2.24, 2.45) is 11.7 Å². The van der Waals surface area contributed by atoms with Gasteiger partial charge in [0.25, 0.3) is 5.91 Å². The average Bonchev–Trinajstić information content (AvgIpc) is 2.68. The maximum Gasteiger partial charge on any atom is 0.328 e. The van der Waals surface area contributed by atoms with Crippen molar-refractivity contribution in [2.45, 2.75) is 38.8 Å². The van der Waals surface area contributed by atoms with Gasteiger partial charge in [0.2, 0.25) is 5.91 Å². The molecule has 0 radical (unpaired) electrons. The van der Waals surface area contributed by atoms with Crippen molar-refractivity contribution >= 4 is 23.5 Å². The Balaban J connectivity index is 1.89. The average molecular weight is 377 g/mol. The van der Waals surface area contributed by atoms with Gasteiger partial charge in [0.15, 0.2) is 0 Å². The van der Waals surface area contributed by atoms with E-state index in [-0.39, 0.29) is 18.4 Å². The number of nitrogens with one attached hydrogen (secondary N) is 2. The lowest BCUT2D eigenvalue weighted by atomic mass is 9.92. The third kappa shape index (κ3) is 6.04. The van der Waals surface area contributed by atoms with Crippen LogP contribution in [0.25, 0.3) is 0 Å². The minimum absolute atomic E-state index is 0.105. The number of carbonyl (C=O) groups is 3. The zero-order chi connectivity index (χ0) is 19.8. The molecule has 4 N–H and O–H groups in total. The van der Waals surface area contributed by atoms with Crippen LogP contribution in [0.3, 0.4) is 0 Å². The lowest BCUT2D eigenvalue weighted by molar-refractivity contribution is -0.144. The number of nitrogens with two attached hydrogens (primary N) is 1. The van der Waals surface area contributed by atoms with Gasteiger partial charge in [-0.05, 0) is 56.9 Å². The second-order valence-electron chi connectivity index (χ2n) is 6.49. The first-order valence-corrected chi connectivity index (χ1v) is 9.14. The first kappa shape index (κ1) is 20.9. The Labute approximate surface area is 158 Å². The zero-order valence-corrected chi connectivity index (χ0v) is 15.7. The van der Waals surface area contributed by atoms with Crippen molar-refractivity contribution in [1.82, 2.24) is 5.32 Å². The van der Waals surface area contributed by atoms with Crippen LogP contribution in [0, 0.1) is 5.92 Å². The molecule has 8 heteroatoms. The first-order chi connectivity index (χ1) is 12.9. The third-order valence-electron chi connectivity index (χ3n) is 4.48. The maximum atomic E-state index is 12.3. The fourth-order valence-corrected chi connectivity index (χ4v) is 2.83. The van der Waals surface area contributed by atoms with Crippen molar-refractivity contribution < 1.29 is 23.9 Å². The summed E-state index contributed by atoms with van der Waals surface area (Å²) >= 11 is 0. The number of rotatable bonds is 7. The molecule has 2 rings (SSSR count). The summed E-state index contributed by atoms with van der Waals surface area (Å²) in [7, 11) is 0. The molecule has 148 valence electrons. The second-order valence-corrected chi connectivity index (χ2v) is 6.49. The van der Waals surface area contributed by atoms with Crippen LogP contribution in [0.2, 0.25) is 0 Å². The van der Waals surface area contributed by atoms with Gasteiger partial charge in [-0.2, -0.15) is 0 Å². The summed E-state index contributed by atoms with van der Waals surface area (Å²) < 4.78 is 10.1. The van der Waals surface area contributed by atoms with E-state index >= 15 is 0 Å². The standard InChI is InChI=1S/C19H27N3O5/c1-3-27-19(25)12(2)21-17(23)14-4-6-15(7-5-14)22-18(24)16(20)13-8-10-26-11-9-13/h4-7,12-13,16H,3,8-11,20H2,1-2H3,(H,21,23)(H,22,24). The quantitative estimate of drug-likeness (QED) is 0.611. The normalized spacial score (nSPS) is 16.9. The largest absolute Gasteiger partial charge is 0.464 e. The first-order valence-electron chi connectivity index (χ1n) is 9.14. The smallest absolute Gasteiger partial charge is 0.328 e. The summed E-state index contributed by atoms with van der Waals surface area (Å²) in [5, 5.41) is 5.34. The van der Waals surface area contributed by atoms with E-state index in [1.807, 2.05) is 0 Å². The van der Waals surface area contributed by atoms with Crippen LogP contribution in [0.15, 0.2) is 24.3 Å². The Hall–Kier alpha value is -2.45. The van der Waals surface area contributed by atoms with Gasteiger partial charge in [-0.25, -0.2) is 4.79 Å². The zero-order valence-electron chi connectivity index (χ0n) is 15.7. The Bertz CT molecular complexity index is 656. The predicted molar refractivity (Wildman–Crippen MR) is 100 cm³/mol. The molecule has 8 nitrogen and oxygen atoms in total. The number of carbonyl (C=O) groups excluding carboxylic acids is 3. The molecule has 1 fully saturated rings. The SMILES string of the molecule is CCOC(=O)C(C)NC(=O)c1ccc(NC(=O)C(N)C2CCOCC2)cc1. The van der Waals surface area contributed by atoms with Crippen LogP contribution >= 0.6 is 0 Å². The number of hydrogen-bond donors (Lipinski definition) is 3. The number of anilines is 1. The molecule has 0 saturated carbocycles. The summed E-state index contributed by atoms with van der Waals surface area (Å²) in [6.07, 6.45) is 1.54. The van der Waals surface area contributed by atoms with Gasteiger partial charge >= 0.3 is 5.97 Å². The molecule has 2 unspecified atom stereocenters. The van der Waals surface area contributed by atoms with Crippen molar-refractivity contribution in [3.05, 3.63) is 29.8 Å². The highest BCUT2D eigenvalue weighted by molar-refractivity contribution is 5.98. The number of amides is 2. The highest BCUT2D eigenvalue weighted by Gasteiger charge is 2.26. The van der Waals surface area contributed by atoms with Gasteiger partial charge in [0, 0.05) is 24.5 Å². The molecule has 0 spiro atoms. The summed E-state index contributed by atoms with van der Waals surface area (Å²) in [4.78, 5) is 36.1. The fraction of sp³-hybridized carbons (Fsp3) is 0.526. The molecule has 27 heavy (non-hydrogen) atoms. The van der Waals surface area contributed by atoms with Crippen molar-refractivity contribution in [3.63, 3.8) is 0 Å². The van der Waals surface area contributed by atoms with Crippen LogP contribution in [0.5, 0.6) is 0 Å². The van der Waals surface area contributed by atoms with Gasteiger partial charge < -0.3 is 25.8 Å². The molecular formula is C19H27N3O5. The molecule has 1 heterocycles. The highest BCUT2D eigenvalue weighted by atomic mass is 16.5. The number of esters is 1. The second kappa shape index (κ2) is 10.0. The molecule has 0 aliphatic carbocycles. The molecule has 1 saturated heterocycles. The molecule has 1 aliphatic rings. The highest BCUT2D eigenvalue weighted by Crippen LogP contribution is 2.19. The summed E-state index contributed by atoms with van der Waals surface area (Å²) in [5.41, 5.74) is 6.98. The van der Waals surface area contributed by atoms with Crippen LogP contribution < -0.4 is 16.4 Å². The van der Waals surface area contributed by atoms with Gasteiger partial charge in [0.1, 0.15) is 6.04 Å².